The average Bonchev–Trinajstić information content (AvgIpc) is 2.96. The van der Waals surface area contributed by atoms with Crippen LogP contribution in [0.2, 0.25) is 0 Å². The van der Waals surface area contributed by atoms with E-state index in [1.807, 2.05) is 0 Å². The van der Waals surface area contributed by atoms with Crippen molar-refractivity contribution in [2.24, 2.45) is 0 Å². The summed E-state index contributed by atoms with van der Waals surface area (Å²) in [6.07, 6.45) is 0.364. The number of rotatable bonds is 4. The molecule has 1 amide bonds. The first-order valence-corrected chi connectivity index (χ1v) is 8.70. The molecule has 2 heterocycles. The zero-order valence-corrected chi connectivity index (χ0v) is 13.3. The van der Waals surface area contributed by atoms with Crippen molar-refractivity contribution in [1.29, 1.82) is 0 Å². The largest absolute Gasteiger partial charge is 0.465 e. The minimum absolute atomic E-state index is 0.0262. The van der Waals surface area contributed by atoms with Crippen molar-refractivity contribution in [1.82, 2.24) is 9.62 Å². The number of amides is 1. The molecule has 9 heteroatoms. The Morgan fingerprint density at radius 2 is 2.29 bits per heavy atom. The number of esters is 1. The summed E-state index contributed by atoms with van der Waals surface area (Å²) >= 11 is 1.00. The maximum absolute atomic E-state index is 12.7. The number of nitrogens with zero attached hydrogens (tertiary/aromatic N) is 1. The maximum Gasteiger partial charge on any atom is 0.349 e. The Morgan fingerprint density at radius 1 is 1.57 bits per heavy atom. The van der Waals surface area contributed by atoms with E-state index >= 15 is 0 Å². The third-order valence-electron chi connectivity index (χ3n) is 3.25. The van der Waals surface area contributed by atoms with Crippen molar-refractivity contribution in [3.63, 3.8) is 0 Å². The predicted molar refractivity (Wildman–Crippen MR) is 76.6 cm³/mol. The number of hydrogen-bond donors (Lipinski definition) is 1. The van der Waals surface area contributed by atoms with Gasteiger partial charge in [-0.05, 0) is 17.9 Å². The molecule has 1 atom stereocenters. The standard InChI is InChI=1S/C12H16N2O5S2/c1-3-8-11(15)13-5-6-14(8)21(17,18)9-4-7-20-10(9)12(16)19-2/h4,7-8H,3,5-6H2,1-2H3,(H,13,15). The van der Waals surface area contributed by atoms with Gasteiger partial charge in [0.15, 0.2) is 0 Å². The van der Waals surface area contributed by atoms with Gasteiger partial charge >= 0.3 is 5.97 Å². The molecule has 1 saturated heterocycles. The molecular formula is C12H16N2O5S2. The summed E-state index contributed by atoms with van der Waals surface area (Å²) in [5.41, 5.74) is 0. The zero-order chi connectivity index (χ0) is 15.6. The lowest BCUT2D eigenvalue weighted by Crippen LogP contribution is -2.56. The second kappa shape index (κ2) is 6.12. The molecule has 1 aliphatic heterocycles. The summed E-state index contributed by atoms with van der Waals surface area (Å²) in [5.74, 6) is -1.01. The summed E-state index contributed by atoms with van der Waals surface area (Å²) in [4.78, 5) is 23.4. The van der Waals surface area contributed by atoms with Crippen LogP contribution < -0.4 is 5.32 Å². The molecule has 21 heavy (non-hydrogen) atoms. The van der Waals surface area contributed by atoms with Gasteiger partial charge in [-0.3, -0.25) is 4.79 Å². The summed E-state index contributed by atoms with van der Waals surface area (Å²) in [5, 5.41) is 4.16. The van der Waals surface area contributed by atoms with Gasteiger partial charge in [0.25, 0.3) is 0 Å². The van der Waals surface area contributed by atoms with Crippen LogP contribution in [0, 0.1) is 0 Å². The van der Waals surface area contributed by atoms with Gasteiger partial charge in [0, 0.05) is 13.1 Å². The lowest BCUT2D eigenvalue weighted by atomic mass is 10.2. The van der Waals surface area contributed by atoms with Gasteiger partial charge in [-0.1, -0.05) is 6.92 Å². The Labute approximate surface area is 126 Å². The number of sulfonamides is 1. The Balaban J connectivity index is 2.44. The molecule has 0 bridgehead atoms. The lowest BCUT2D eigenvalue weighted by molar-refractivity contribution is -0.126. The average molecular weight is 332 g/mol. The SMILES string of the molecule is CCC1C(=O)NCCN1S(=O)(=O)c1ccsc1C(=O)OC. The highest BCUT2D eigenvalue weighted by atomic mass is 32.2. The van der Waals surface area contributed by atoms with Crippen molar-refractivity contribution in [2.75, 3.05) is 20.2 Å². The van der Waals surface area contributed by atoms with Crippen LogP contribution in [0.4, 0.5) is 0 Å². The molecule has 2 rings (SSSR count). The molecule has 0 radical (unpaired) electrons. The fraction of sp³-hybridized carbons (Fsp3) is 0.500. The summed E-state index contributed by atoms with van der Waals surface area (Å²) in [6, 6.07) is 0.611. The van der Waals surface area contributed by atoms with E-state index in [0.717, 1.165) is 15.6 Å². The van der Waals surface area contributed by atoms with Crippen molar-refractivity contribution in [3.05, 3.63) is 16.3 Å². The summed E-state index contributed by atoms with van der Waals surface area (Å²) in [6.45, 7) is 2.18. The van der Waals surface area contributed by atoms with Crippen LogP contribution in [-0.4, -0.2) is 50.8 Å². The fourth-order valence-corrected chi connectivity index (χ4v) is 5.21. The van der Waals surface area contributed by atoms with Gasteiger partial charge in [-0.2, -0.15) is 4.31 Å². The molecule has 116 valence electrons. The number of methoxy groups -OCH3 is 1. The lowest BCUT2D eigenvalue weighted by Gasteiger charge is -2.33. The molecule has 1 fully saturated rings. The molecule has 1 unspecified atom stereocenters. The Morgan fingerprint density at radius 3 is 2.90 bits per heavy atom. The van der Waals surface area contributed by atoms with Gasteiger partial charge < -0.3 is 10.1 Å². The molecule has 0 aliphatic carbocycles. The normalized spacial score (nSPS) is 20.1. The highest BCUT2D eigenvalue weighted by Gasteiger charge is 2.39. The van der Waals surface area contributed by atoms with Crippen LogP contribution in [0.5, 0.6) is 0 Å². The van der Waals surface area contributed by atoms with Crippen LogP contribution in [0.3, 0.4) is 0 Å². The molecule has 0 aromatic carbocycles. The first kappa shape index (κ1) is 15.9. The van der Waals surface area contributed by atoms with E-state index in [1.165, 1.54) is 18.6 Å². The molecule has 1 aliphatic rings. The van der Waals surface area contributed by atoms with Crippen LogP contribution in [0.25, 0.3) is 0 Å². The van der Waals surface area contributed by atoms with E-state index in [9.17, 15) is 18.0 Å². The van der Waals surface area contributed by atoms with Crippen LogP contribution >= 0.6 is 11.3 Å². The van der Waals surface area contributed by atoms with Gasteiger partial charge in [0.1, 0.15) is 15.8 Å². The minimum Gasteiger partial charge on any atom is -0.465 e. The molecule has 0 saturated carbocycles. The van der Waals surface area contributed by atoms with Crippen molar-refractivity contribution >= 4 is 33.2 Å². The summed E-state index contributed by atoms with van der Waals surface area (Å²) in [7, 11) is -2.72. The minimum atomic E-state index is -3.92. The highest BCUT2D eigenvalue weighted by Crippen LogP contribution is 2.28. The van der Waals surface area contributed by atoms with Crippen molar-refractivity contribution in [2.45, 2.75) is 24.3 Å². The number of piperazine rings is 1. The smallest absolute Gasteiger partial charge is 0.349 e. The van der Waals surface area contributed by atoms with Gasteiger partial charge in [-0.15, -0.1) is 11.3 Å². The second-order valence-electron chi connectivity index (χ2n) is 4.44. The predicted octanol–water partition coefficient (Wildman–Crippen LogP) is 0.434. The third kappa shape index (κ3) is 2.81. The number of thiophene rings is 1. The van der Waals surface area contributed by atoms with Crippen molar-refractivity contribution < 1.29 is 22.7 Å². The maximum atomic E-state index is 12.7. The van der Waals surface area contributed by atoms with E-state index < -0.39 is 22.0 Å². The van der Waals surface area contributed by atoms with Crippen molar-refractivity contribution in [3.8, 4) is 0 Å². The van der Waals surface area contributed by atoms with E-state index in [0.29, 0.717) is 6.42 Å². The topological polar surface area (TPSA) is 92.8 Å². The Bertz CT molecular complexity index is 652. The number of carbonyl (C=O) groups excluding carboxylic acids is 2. The van der Waals surface area contributed by atoms with Crippen LogP contribution in [0.15, 0.2) is 16.3 Å². The second-order valence-corrected chi connectivity index (χ2v) is 7.21. The fourth-order valence-electron chi connectivity index (χ4n) is 2.24. The number of hydrogen-bond acceptors (Lipinski definition) is 6. The van der Waals surface area contributed by atoms with Gasteiger partial charge in [-0.25, -0.2) is 13.2 Å². The highest BCUT2D eigenvalue weighted by molar-refractivity contribution is 7.89. The molecule has 1 N–H and O–H groups in total. The number of carbonyl (C=O) groups is 2. The summed E-state index contributed by atoms with van der Waals surface area (Å²) < 4.78 is 31.3. The van der Waals surface area contributed by atoms with E-state index in [1.54, 1.807) is 6.92 Å². The van der Waals surface area contributed by atoms with Gasteiger partial charge in [0.2, 0.25) is 15.9 Å². The number of ether oxygens (including phenoxy) is 1. The molecule has 1 aromatic rings. The van der Waals surface area contributed by atoms with E-state index in [-0.39, 0.29) is 28.8 Å². The first-order valence-electron chi connectivity index (χ1n) is 6.38. The Kier molecular flexibility index (Phi) is 4.64. The Hall–Kier alpha value is -1.45. The number of nitrogens with one attached hydrogen (secondary N) is 1. The van der Waals surface area contributed by atoms with E-state index in [4.69, 9.17) is 0 Å². The molecular weight excluding hydrogens is 316 g/mol. The molecule has 7 nitrogen and oxygen atoms in total. The quantitative estimate of drug-likeness (QED) is 0.807. The van der Waals surface area contributed by atoms with E-state index in [2.05, 4.69) is 10.1 Å². The zero-order valence-electron chi connectivity index (χ0n) is 11.7. The third-order valence-corrected chi connectivity index (χ3v) is 6.23. The molecule has 0 spiro atoms. The first-order chi connectivity index (χ1) is 9.93. The monoisotopic (exact) mass is 332 g/mol. The van der Waals surface area contributed by atoms with Crippen LogP contribution in [0.1, 0.15) is 23.0 Å². The van der Waals surface area contributed by atoms with Gasteiger partial charge in [0.05, 0.1) is 7.11 Å². The molecule has 1 aromatic heterocycles. The van der Waals surface area contributed by atoms with Crippen LogP contribution in [-0.2, 0) is 19.6 Å².